The molecule has 1 aromatic rings. The zero-order valence-electron chi connectivity index (χ0n) is 9.09. The molecule has 0 amide bonds. The zero-order chi connectivity index (χ0) is 13.1. The fourth-order valence-electron chi connectivity index (χ4n) is 1.36. The molecule has 0 aliphatic rings. The van der Waals surface area contributed by atoms with Gasteiger partial charge in [0.25, 0.3) is 0 Å². The van der Waals surface area contributed by atoms with Crippen molar-refractivity contribution in [2.75, 3.05) is 7.11 Å². The van der Waals surface area contributed by atoms with Crippen LogP contribution in [-0.4, -0.2) is 18.4 Å². The summed E-state index contributed by atoms with van der Waals surface area (Å²) in [6.07, 6.45) is -6.75. The van der Waals surface area contributed by atoms with Crippen molar-refractivity contribution in [2.24, 2.45) is 0 Å². The van der Waals surface area contributed by atoms with Crippen LogP contribution in [0.1, 0.15) is 24.5 Å². The standard InChI is InChI=1S/C11H12BrF3O2/c1-17-7-2-3-8(9(12)6-7)10(16)4-5-11(13,14)15/h2-3,6,10,16H,4-5H2,1H3. The van der Waals surface area contributed by atoms with Gasteiger partial charge < -0.3 is 9.84 Å². The SMILES string of the molecule is COc1ccc(C(O)CCC(F)(F)F)c(Br)c1. The fourth-order valence-corrected chi connectivity index (χ4v) is 1.98. The molecule has 0 aliphatic heterocycles. The number of aliphatic hydroxyl groups is 1. The average Bonchev–Trinajstić information content (AvgIpc) is 2.24. The third-order valence-electron chi connectivity index (χ3n) is 2.27. The second-order valence-electron chi connectivity index (χ2n) is 3.56. The Hall–Kier alpha value is -0.750. The average molecular weight is 313 g/mol. The van der Waals surface area contributed by atoms with Gasteiger partial charge >= 0.3 is 6.18 Å². The number of alkyl halides is 3. The topological polar surface area (TPSA) is 29.5 Å². The van der Waals surface area contributed by atoms with Crippen LogP contribution in [0.3, 0.4) is 0 Å². The number of ether oxygens (including phenoxy) is 1. The van der Waals surface area contributed by atoms with Crippen molar-refractivity contribution in [1.82, 2.24) is 0 Å². The minimum absolute atomic E-state index is 0.353. The van der Waals surface area contributed by atoms with Gasteiger partial charge in [-0.3, -0.25) is 0 Å². The summed E-state index contributed by atoms with van der Waals surface area (Å²) in [4.78, 5) is 0. The van der Waals surface area contributed by atoms with Gasteiger partial charge in [0, 0.05) is 10.9 Å². The molecule has 0 saturated heterocycles. The number of rotatable bonds is 4. The Morgan fingerprint density at radius 1 is 1.41 bits per heavy atom. The van der Waals surface area contributed by atoms with Gasteiger partial charge in [0.2, 0.25) is 0 Å². The van der Waals surface area contributed by atoms with Crippen molar-refractivity contribution in [3.05, 3.63) is 28.2 Å². The molecule has 1 rings (SSSR count). The van der Waals surface area contributed by atoms with Crippen LogP contribution in [0.25, 0.3) is 0 Å². The highest BCUT2D eigenvalue weighted by atomic mass is 79.9. The van der Waals surface area contributed by atoms with Gasteiger partial charge in [-0.05, 0) is 24.1 Å². The van der Waals surface area contributed by atoms with E-state index in [0.29, 0.717) is 15.8 Å². The Balaban J connectivity index is 2.72. The molecular formula is C11H12BrF3O2. The smallest absolute Gasteiger partial charge is 0.389 e. The summed E-state index contributed by atoms with van der Waals surface area (Å²) in [5.41, 5.74) is 0.426. The quantitative estimate of drug-likeness (QED) is 0.915. The summed E-state index contributed by atoms with van der Waals surface area (Å²) in [5, 5.41) is 9.66. The van der Waals surface area contributed by atoms with Crippen LogP contribution >= 0.6 is 15.9 Å². The van der Waals surface area contributed by atoms with Crippen LogP contribution in [0, 0.1) is 0 Å². The molecule has 0 aromatic heterocycles. The zero-order valence-corrected chi connectivity index (χ0v) is 10.7. The Labute approximate surface area is 106 Å². The molecule has 0 radical (unpaired) electrons. The monoisotopic (exact) mass is 312 g/mol. The van der Waals surface area contributed by atoms with E-state index in [1.54, 1.807) is 18.2 Å². The van der Waals surface area contributed by atoms with Crippen molar-refractivity contribution in [3.63, 3.8) is 0 Å². The van der Waals surface area contributed by atoms with Crippen LogP contribution in [0.15, 0.2) is 22.7 Å². The highest BCUT2D eigenvalue weighted by molar-refractivity contribution is 9.10. The lowest BCUT2D eigenvalue weighted by atomic mass is 10.0. The molecule has 1 N–H and O–H groups in total. The van der Waals surface area contributed by atoms with E-state index >= 15 is 0 Å². The van der Waals surface area contributed by atoms with Crippen LogP contribution in [-0.2, 0) is 0 Å². The minimum Gasteiger partial charge on any atom is -0.497 e. The van der Waals surface area contributed by atoms with Gasteiger partial charge in [-0.2, -0.15) is 13.2 Å². The first-order valence-corrected chi connectivity index (χ1v) is 5.71. The summed E-state index contributed by atoms with van der Waals surface area (Å²) < 4.78 is 41.5. The lowest BCUT2D eigenvalue weighted by Crippen LogP contribution is -2.10. The molecule has 0 spiro atoms. The first kappa shape index (κ1) is 14.3. The summed E-state index contributed by atoms with van der Waals surface area (Å²) in [5.74, 6) is 0.573. The summed E-state index contributed by atoms with van der Waals surface area (Å²) in [7, 11) is 1.49. The highest BCUT2D eigenvalue weighted by Crippen LogP contribution is 2.32. The van der Waals surface area contributed by atoms with E-state index in [9.17, 15) is 18.3 Å². The second-order valence-corrected chi connectivity index (χ2v) is 4.41. The number of hydrogen-bond donors (Lipinski definition) is 1. The highest BCUT2D eigenvalue weighted by Gasteiger charge is 2.28. The Morgan fingerprint density at radius 2 is 2.06 bits per heavy atom. The Bertz CT molecular complexity index is 379. The van der Waals surface area contributed by atoms with E-state index in [2.05, 4.69) is 15.9 Å². The molecule has 0 aliphatic carbocycles. The van der Waals surface area contributed by atoms with Gasteiger partial charge in [-0.1, -0.05) is 22.0 Å². The summed E-state index contributed by atoms with van der Waals surface area (Å²) in [6, 6.07) is 4.74. The van der Waals surface area contributed by atoms with E-state index in [4.69, 9.17) is 4.74 Å². The van der Waals surface area contributed by atoms with Crippen LogP contribution in [0.2, 0.25) is 0 Å². The van der Waals surface area contributed by atoms with Crippen molar-refractivity contribution in [2.45, 2.75) is 25.1 Å². The van der Waals surface area contributed by atoms with Crippen molar-refractivity contribution in [1.29, 1.82) is 0 Å². The molecule has 0 bridgehead atoms. The predicted octanol–water partition coefficient (Wildman–Crippen LogP) is 3.83. The van der Waals surface area contributed by atoms with Crippen molar-refractivity contribution >= 4 is 15.9 Å². The second kappa shape index (κ2) is 5.73. The van der Waals surface area contributed by atoms with Crippen LogP contribution in [0.5, 0.6) is 5.75 Å². The molecule has 0 saturated carbocycles. The maximum atomic E-state index is 12.0. The summed E-state index contributed by atoms with van der Waals surface area (Å²) in [6.45, 7) is 0. The Kier molecular flexibility index (Phi) is 4.82. The van der Waals surface area contributed by atoms with Crippen molar-refractivity contribution < 1.29 is 23.0 Å². The third kappa shape index (κ3) is 4.55. The van der Waals surface area contributed by atoms with Gasteiger partial charge in [0.15, 0.2) is 0 Å². The number of halogens is 4. The molecule has 0 heterocycles. The number of hydrogen-bond acceptors (Lipinski definition) is 2. The van der Waals surface area contributed by atoms with E-state index < -0.39 is 18.7 Å². The van der Waals surface area contributed by atoms with Gasteiger partial charge in [0.1, 0.15) is 5.75 Å². The molecule has 2 nitrogen and oxygen atoms in total. The fraction of sp³-hybridized carbons (Fsp3) is 0.455. The lowest BCUT2D eigenvalue weighted by Gasteiger charge is -2.14. The lowest BCUT2D eigenvalue weighted by molar-refractivity contribution is -0.140. The summed E-state index contributed by atoms with van der Waals surface area (Å²) >= 11 is 3.19. The largest absolute Gasteiger partial charge is 0.497 e. The van der Waals surface area contributed by atoms with Crippen LogP contribution in [0.4, 0.5) is 13.2 Å². The Morgan fingerprint density at radius 3 is 2.53 bits per heavy atom. The third-order valence-corrected chi connectivity index (χ3v) is 2.95. The van der Waals surface area contributed by atoms with E-state index in [1.807, 2.05) is 0 Å². The normalized spacial score (nSPS) is 13.5. The molecule has 1 unspecified atom stereocenters. The maximum Gasteiger partial charge on any atom is 0.389 e. The molecule has 0 fully saturated rings. The molecule has 17 heavy (non-hydrogen) atoms. The molecule has 1 atom stereocenters. The number of aliphatic hydroxyl groups excluding tert-OH is 1. The van der Waals surface area contributed by atoms with Gasteiger partial charge in [-0.15, -0.1) is 0 Å². The minimum atomic E-state index is -4.25. The first-order chi connectivity index (χ1) is 7.83. The van der Waals surface area contributed by atoms with E-state index in [1.165, 1.54) is 7.11 Å². The molecule has 96 valence electrons. The molecular weight excluding hydrogens is 301 g/mol. The van der Waals surface area contributed by atoms with E-state index in [0.717, 1.165) is 0 Å². The van der Waals surface area contributed by atoms with Gasteiger partial charge in [-0.25, -0.2) is 0 Å². The van der Waals surface area contributed by atoms with Crippen LogP contribution < -0.4 is 4.74 Å². The van der Waals surface area contributed by atoms with E-state index in [-0.39, 0.29) is 6.42 Å². The molecule has 6 heteroatoms. The maximum absolute atomic E-state index is 12.0. The van der Waals surface area contributed by atoms with Crippen molar-refractivity contribution in [3.8, 4) is 5.75 Å². The van der Waals surface area contributed by atoms with Gasteiger partial charge in [0.05, 0.1) is 13.2 Å². The number of benzene rings is 1. The number of methoxy groups -OCH3 is 1. The molecule has 1 aromatic carbocycles. The predicted molar refractivity (Wildman–Crippen MR) is 60.9 cm³/mol. The first-order valence-electron chi connectivity index (χ1n) is 4.92.